The monoisotopic (exact) mass is 276 g/mol. The maximum absolute atomic E-state index is 11.9. The lowest BCUT2D eigenvalue weighted by molar-refractivity contribution is 0.0954. The topological polar surface area (TPSA) is 50.7 Å². The summed E-state index contributed by atoms with van der Waals surface area (Å²) in [4.78, 5) is 11.9. The number of hydrogen-bond acceptors (Lipinski definition) is 3. The zero-order valence-electron chi connectivity index (χ0n) is 12.9. The van der Waals surface area contributed by atoms with Gasteiger partial charge in [0.1, 0.15) is 5.75 Å². The molecular weight excluding hydrogens is 252 g/mol. The number of carbonyl (C=O) groups excluding carboxylic acids is 1. The highest BCUT2D eigenvalue weighted by molar-refractivity contribution is 5.95. The van der Waals surface area contributed by atoms with Crippen LogP contribution < -0.4 is 10.2 Å². The van der Waals surface area contributed by atoms with Crippen molar-refractivity contribution in [2.24, 2.45) is 11.0 Å². The number of rotatable bonds is 6. The Hall–Kier alpha value is -1.84. The van der Waals surface area contributed by atoms with Crippen molar-refractivity contribution >= 4 is 11.6 Å². The number of ether oxygens (including phenoxy) is 1. The Labute approximate surface area is 121 Å². The minimum Gasteiger partial charge on any atom is -0.491 e. The van der Waals surface area contributed by atoms with Crippen molar-refractivity contribution in [2.75, 3.05) is 0 Å². The molecular formula is C16H24N2O2. The predicted molar refractivity (Wildman–Crippen MR) is 82.2 cm³/mol. The summed E-state index contributed by atoms with van der Waals surface area (Å²) in [6, 6.07) is 7.06. The molecule has 0 saturated heterocycles. The van der Waals surface area contributed by atoms with Crippen LogP contribution in [0.3, 0.4) is 0 Å². The minimum absolute atomic E-state index is 0.123. The Morgan fingerprint density at radius 1 is 1.25 bits per heavy atom. The first kappa shape index (κ1) is 16.2. The van der Waals surface area contributed by atoms with E-state index >= 15 is 0 Å². The van der Waals surface area contributed by atoms with Crippen molar-refractivity contribution in [3.8, 4) is 5.75 Å². The summed E-state index contributed by atoms with van der Waals surface area (Å²) in [6.45, 7) is 10.0. The maximum atomic E-state index is 11.9. The molecule has 4 nitrogen and oxygen atoms in total. The third kappa shape index (κ3) is 5.03. The maximum Gasteiger partial charge on any atom is 0.271 e. The van der Waals surface area contributed by atoms with Gasteiger partial charge in [0.15, 0.2) is 0 Å². The first-order valence-electron chi connectivity index (χ1n) is 7.05. The van der Waals surface area contributed by atoms with Gasteiger partial charge in [-0.2, -0.15) is 5.10 Å². The third-order valence-corrected chi connectivity index (χ3v) is 3.15. The molecule has 0 saturated carbocycles. The Bertz CT molecular complexity index is 464. The van der Waals surface area contributed by atoms with Crippen molar-refractivity contribution in [1.82, 2.24) is 5.43 Å². The number of amides is 1. The summed E-state index contributed by atoms with van der Waals surface area (Å²) in [5.74, 6) is 0.928. The van der Waals surface area contributed by atoms with Crippen molar-refractivity contribution in [3.63, 3.8) is 0 Å². The molecule has 1 aromatic rings. The zero-order chi connectivity index (χ0) is 15.1. The minimum atomic E-state index is -0.205. The molecule has 20 heavy (non-hydrogen) atoms. The van der Waals surface area contributed by atoms with Crippen molar-refractivity contribution in [1.29, 1.82) is 0 Å². The van der Waals surface area contributed by atoms with Gasteiger partial charge in [-0.25, -0.2) is 5.43 Å². The van der Waals surface area contributed by atoms with Gasteiger partial charge in [0, 0.05) is 11.3 Å². The van der Waals surface area contributed by atoms with Gasteiger partial charge >= 0.3 is 0 Å². The van der Waals surface area contributed by atoms with Crippen molar-refractivity contribution in [3.05, 3.63) is 29.8 Å². The van der Waals surface area contributed by atoms with Crippen LogP contribution in [0.5, 0.6) is 5.75 Å². The quantitative estimate of drug-likeness (QED) is 0.637. The Balaban J connectivity index is 2.64. The van der Waals surface area contributed by atoms with Gasteiger partial charge in [0.05, 0.1) is 6.10 Å². The molecule has 0 aliphatic carbocycles. The van der Waals surface area contributed by atoms with Crippen molar-refractivity contribution < 1.29 is 9.53 Å². The molecule has 1 aromatic carbocycles. The van der Waals surface area contributed by atoms with Gasteiger partial charge in [-0.3, -0.25) is 4.79 Å². The Morgan fingerprint density at radius 3 is 2.35 bits per heavy atom. The second kappa shape index (κ2) is 7.68. The van der Waals surface area contributed by atoms with Gasteiger partial charge < -0.3 is 4.74 Å². The van der Waals surface area contributed by atoms with Gasteiger partial charge in [0.2, 0.25) is 0 Å². The van der Waals surface area contributed by atoms with E-state index in [4.69, 9.17) is 4.74 Å². The van der Waals surface area contributed by atoms with Crippen LogP contribution in [0.2, 0.25) is 0 Å². The summed E-state index contributed by atoms with van der Waals surface area (Å²) in [7, 11) is 0. The predicted octanol–water partition coefficient (Wildman–Crippen LogP) is 3.63. The summed E-state index contributed by atoms with van der Waals surface area (Å²) >= 11 is 0. The highest BCUT2D eigenvalue weighted by atomic mass is 16.5. The van der Waals surface area contributed by atoms with Gasteiger partial charge in [-0.1, -0.05) is 13.8 Å². The SMILES string of the molecule is CC[C@H](C)/C(C)=N\NC(=O)c1ccc(OC(C)C)cc1. The lowest BCUT2D eigenvalue weighted by atomic mass is 10.1. The molecule has 0 aliphatic heterocycles. The number of benzene rings is 1. The molecule has 0 spiro atoms. The molecule has 0 bridgehead atoms. The van der Waals surface area contributed by atoms with Crippen LogP contribution in [0.1, 0.15) is 51.4 Å². The zero-order valence-corrected chi connectivity index (χ0v) is 12.9. The van der Waals surface area contributed by atoms with E-state index in [9.17, 15) is 4.79 Å². The molecule has 1 amide bonds. The fraction of sp³-hybridized carbons (Fsp3) is 0.500. The van der Waals surface area contributed by atoms with E-state index < -0.39 is 0 Å². The van der Waals surface area contributed by atoms with E-state index in [0.29, 0.717) is 11.5 Å². The number of nitrogens with zero attached hydrogens (tertiary/aromatic N) is 1. The lowest BCUT2D eigenvalue weighted by Crippen LogP contribution is -2.20. The normalized spacial score (nSPS) is 13.2. The molecule has 0 heterocycles. The molecule has 1 atom stereocenters. The Morgan fingerprint density at radius 2 is 1.85 bits per heavy atom. The fourth-order valence-corrected chi connectivity index (χ4v) is 1.57. The average Bonchev–Trinajstić information content (AvgIpc) is 2.43. The fourth-order valence-electron chi connectivity index (χ4n) is 1.57. The first-order chi connectivity index (χ1) is 9.43. The van der Waals surface area contributed by atoms with Gasteiger partial charge in [0.25, 0.3) is 5.91 Å². The second-order valence-electron chi connectivity index (χ2n) is 5.19. The summed E-state index contributed by atoms with van der Waals surface area (Å²) in [5, 5.41) is 4.13. The summed E-state index contributed by atoms with van der Waals surface area (Å²) < 4.78 is 5.53. The highest BCUT2D eigenvalue weighted by Gasteiger charge is 2.07. The van der Waals surface area contributed by atoms with Crippen LogP contribution in [0.15, 0.2) is 29.4 Å². The Kier molecular flexibility index (Phi) is 6.22. The average molecular weight is 276 g/mol. The standard InChI is InChI=1S/C16H24N2O2/c1-6-12(4)13(5)17-18-16(19)14-7-9-15(10-8-14)20-11(2)3/h7-12H,6H2,1-5H3,(H,18,19)/b17-13-/t12-/m0/s1. The van der Waals surface area contributed by atoms with Crippen LogP contribution in [0, 0.1) is 5.92 Å². The second-order valence-corrected chi connectivity index (χ2v) is 5.19. The van der Waals surface area contributed by atoms with E-state index in [0.717, 1.165) is 17.9 Å². The molecule has 0 radical (unpaired) electrons. The molecule has 1 rings (SSSR count). The molecule has 0 aromatic heterocycles. The first-order valence-corrected chi connectivity index (χ1v) is 7.05. The van der Waals surface area contributed by atoms with Crippen LogP contribution in [-0.2, 0) is 0 Å². The highest BCUT2D eigenvalue weighted by Crippen LogP contribution is 2.13. The molecule has 0 aliphatic rings. The molecule has 0 unspecified atom stereocenters. The van der Waals surface area contributed by atoms with E-state index in [1.54, 1.807) is 24.3 Å². The van der Waals surface area contributed by atoms with Gasteiger partial charge in [-0.15, -0.1) is 0 Å². The number of nitrogens with one attached hydrogen (secondary N) is 1. The van der Waals surface area contributed by atoms with E-state index in [-0.39, 0.29) is 12.0 Å². The lowest BCUT2D eigenvalue weighted by Gasteiger charge is -2.10. The van der Waals surface area contributed by atoms with E-state index in [1.807, 2.05) is 20.8 Å². The molecule has 4 heteroatoms. The largest absolute Gasteiger partial charge is 0.491 e. The van der Waals surface area contributed by atoms with Gasteiger partial charge in [-0.05, 0) is 57.4 Å². The van der Waals surface area contributed by atoms with E-state index in [1.165, 1.54) is 0 Å². The number of hydrogen-bond donors (Lipinski definition) is 1. The summed E-state index contributed by atoms with van der Waals surface area (Å²) in [5.41, 5.74) is 4.08. The molecule has 1 N–H and O–H groups in total. The van der Waals surface area contributed by atoms with Crippen LogP contribution >= 0.6 is 0 Å². The van der Waals surface area contributed by atoms with Crippen molar-refractivity contribution in [2.45, 2.75) is 47.1 Å². The number of carbonyl (C=O) groups is 1. The molecule has 110 valence electrons. The van der Waals surface area contributed by atoms with Crippen LogP contribution in [-0.4, -0.2) is 17.7 Å². The number of hydrazone groups is 1. The van der Waals surface area contributed by atoms with Crippen LogP contribution in [0.4, 0.5) is 0 Å². The summed E-state index contributed by atoms with van der Waals surface area (Å²) in [6.07, 6.45) is 1.13. The van der Waals surface area contributed by atoms with E-state index in [2.05, 4.69) is 24.4 Å². The molecule has 0 fully saturated rings. The smallest absolute Gasteiger partial charge is 0.271 e. The third-order valence-electron chi connectivity index (χ3n) is 3.15. The van der Waals surface area contributed by atoms with Crippen LogP contribution in [0.25, 0.3) is 0 Å².